The number of benzene rings is 1. The van der Waals surface area contributed by atoms with Gasteiger partial charge in [-0.15, -0.1) is 0 Å². The Bertz CT molecular complexity index is 569. The lowest BCUT2D eigenvalue weighted by atomic mass is 10.1. The molecule has 0 spiro atoms. The molecule has 1 N–H and O–H groups in total. The van der Waals surface area contributed by atoms with Gasteiger partial charge >= 0.3 is 5.97 Å². The van der Waals surface area contributed by atoms with E-state index in [4.69, 9.17) is 5.11 Å². The molecule has 6 heteroatoms. The van der Waals surface area contributed by atoms with Crippen LogP contribution in [0.3, 0.4) is 0 Å². The van der Waals surface area contributed by atoms with Gasteiger partial charge in [-0.05, 0) is 11.6 Å². The summed E-state index contributed by atoms with van der Waals surface area (Å²) in [6, 6.07) is 7.38. The predicted octanol–water partition coefficient (Wildman–Crippen LogP) is 2.36. The fraction of sp³-hybridized carbons (Fsp3) is 0. The van der Waals surface area contributed by atoms with E-state index in [9.17, 15) is 14.9 Å². The molecule has 1 aromatic carbocycles. The van der Waals surface area contributed by atoms with E-state index in [1.165, 1.54) is 30.6 Å². The fourth-order valence-electron chi connectivity index (χ4n) is 1.51. The highest BCUT2D eigenvalue weighted by atomic mass is 16.6. The van der Waals surface area contributed by atoms with Gasteiger partial charge in [0.25, 0.3) is 5.69 Å². The molecule has 0 amide bonds. The summed E-state index contributed by atoms with van der Waals surface area (Å²) >= 11 is 0. The first-order valence-corrected chi connectivity index (χ1v) is 5.01. The summed E-state index contributed by atoms with van der Waals surface area (Å²) in [5.74, 6) is -1.09. The maximum absolute atomic E-state index is 10.8. The minimum atomic E-state index is -1.09. The summed E-state index contributed by atoms with van der Waals surface area (Å²) in [6.07, 6.45) is 2.69. The lowest BCUT2D eigenvalue weighted by Crippen LogP contribution is -1.97. The van der Waals surface area contributed by atoms with E-state index in [1.807, 2.05) is 0 Å². The van der Waals surface area contributed by atoms with Crippen molar-refractivity contribution >= 4 is 11.7 Å². The maximum atomic E-state index is 10.8. The van der Waals surface area contributed by atoms with Crippen LogP contribution in [0.5, 0.6) is 0 Å². The van der Waals surface area contributed by atoms with Gasteiger partial charge in [-0.25, -0.2) is 4.79 Å². The number of non-ortho nitro benzene ring substituents is 1. The summed E-state index contributed by atoms with van der Waals surface area (Å²) in [5, 5.41) is 19.5. The molecular formula is C12H8N2O4. The molecule has 1 aromatic heterocycles. The molecule has 0 unspecified atom stereocenters. The van der Waals surface area contributed by atoms with Gasteiger partial charge < -0.3 is 5.11 Å². The number of hydrogen-bond acceptors (Lipinski definition) is 4. The Morgan fingerprint density at radius 3 is 2.67 bits per heavy atom. The monoisotopic (exact) mass is 244 g/mol. The molecule has 2 aromatic rings. The molecule has 0 aliphatic heterocycles. The molecule has 18 heavy (non-hydrogen) atoms. The first-order chi connectivity index (χ1) is 8.58. The number of aromatic nitrogens is 1. The first kappa shape index (κ1) is 11.7. The van der Waals surface area contributed by atoms with Crippen LogP contribution >= 0.6 is 0 Å². The summed E-state index contributed by atoms with van der Waals surface area (Å²) in [5.41, 5.74) is 1.07. The Morgan fingerprint density at radius 2 is 2.00 bits per heavy atom. The zero-order valence-corrected chi connectivity index (χ0v) is 9.11. The van der Waals surface area contributed by atoms with Gasteiger partial charge in [-0.2, -0.15) is 0 Å². The van der Waals surface area contributed by atoms with Gasteiger partial charge in [0.1, 0.15) is 0 Å². The van der Waals surface area contributed by atoms with Crippen LogP contribution in [-0.4, -0.2) is 21.0 Å². The number of nitrogens with zero attached hydrogens (tertiary/aromatic N) is 2. The van der Waals surface area contributed by atoms with Crippen molar-refractivity contribution in [2.45, 2.75) is 0 Å². The molecule has 0 bridgehead atoms. The van der Waals surface area contributed by atoms with Crippen molar-refractivity contribution in [1.29, 1.82) is 0 Å². The van der Waals surface area contributed by atoms with E-state index in [-0.39, 0.29) is 11.3 Å². The number of aromatic carboxylic acids is 1. The fourth-order valence-corrected chi connectivity index (χ4v) is 1.51. The third kappa shape index (κ3) is 2.32. The van der Waals surface area contributed by atoms with Gasteiger partial charge in [0.2, 0.25) is 0 Å². The van der Waals surface area contributed by atoms with Crippen LogP contribution in [0, 0.1) is 10.1 Å². The highest BCUT2D eigenvalue weighted by molar-refractivity contribution is 5.88. The van der Waals surface area contributed by atoms with Crippen LogP contribution < -0.4 is 0 Å². The van der Waals surface area contributed by atoms with Crippen LogP contribution in [0.4, 0.5) is 5.69 Å². The van der Waals surface area contributed by atoms with Crippen molar-refractivity contribution in [3.05, 3.63) is 58.4 Å². The molecule has 90 valence electrons. The van der Waals surface area contributed by atoms with Crippen molar-refractivity contribution in [2.75, 3.05) is 0 Å². The van der Waals surface area contributed by atoms with E-state index in [0.29, 0.717) is 11.1 Å². The van der Waals surface area contributed by atoms with Crippen molar-refractivity contribution in [1.82, 2.24) is 4.98 Å². The van der Waals surface area contributed by atoms with Crippen LogP contribution in [0.1, 0.15) is 10.4 Å². The van der Waals surface area contributed by atoms with Gasteiger partial charge in [0, 0.05) is 30.1 Å². The third-order valence-electron chi connectivity index (χ3n) is 2.38. The van der Waals surface area contributed by atoms with Crippen LogP contribution in [-0.2, 0) is 0 Å². The van der Waals surface area contributed by atoms with Gasteiger partial charge in [-0.1, -0.05) is 12.1 Å². The van der Waals surface area contributed by atoms with Gasteiger partial charge in [0.05, 0.1) is 10.5 Å². The summed E-state index contributed by atoms with van der Waals surface area (Å²) < 4.78 is 0. The zero-order chi connectivity index (χ0) is 13.1. The molecule has 0 fully saturated rings. The number of carbonyl (C=O) groups is 1. The standard InChI is InChI=1S/C12H8N2O4/c15-12(16)10-4-9(6-13-7-10)8-2-1-3-11(5-8)14(17)18/h1-7H,(H,15,16). The number of nitro benzene ring substituents is 1. The van der Waals surface area contributed by atoms with E-state index >= 15 is 0 Å². The topological polar surface area (TPSA) is 93.3 Å². The smallest absolute Gasteiger partial charge is 0.337 e. The minimum Gasteiger partial charge on any atom is -0.478 e. The largest absolute Gasteiger partial charge is 0.478 e. The zero-order valence-electron chi connectivity index (χ0n) is 9.11. The average Bonchev–Trinajstić information content (AvgIpc) is 2.39. The lowest BCUT2D eigenvalue weighted by molar-refractivity contribution is -0.384. The molecule has 0 radical (unpaired) electrons. The normalized spacial score (nSPS) is 10.0. The summed E-state index contributed by atoms with van der Waals surface area (Å²) in [7, 11) is 0. The summed E-state index contributed by atoms with van der Waals surface area (Å²) in [6.45, 7) is 0. The highest BCUT2D eigenvalue weighted by Gasteiger charge is 2.09. The van der Waals surface area contributed by atoms with Crippen molar-refractivity contribution < 1.29 is 14.8 Å². The molecule has 0 atom stereocenters. The second kappa shape index (κ2) is 4.62. The van der Waals surface area contributed by atoms with Crippen molar-refractivity contribution in [2.24, 2.45) is 0 Å². The minimum absolute atomic E-state index is 0.0407. The third-order valence-corrected chi connectivity index (χ3v) is 2.38. The SMILES string of the molecule is O=C(O)c1cncc(-c2cccc([N+](=O)[O-])c2)c1. The number of carboxylic acid groups (broad SMARTS) is 1. The molecule has 0 aliphatic carbocycles. The van der Waals surface area contributed by atoms with E-state index in [1.54, 1.807) is 12.1 Å². The molecular weight excluding hydrogens is 236 g/mol. The van der Waals surface area contributed by atoms with Gasteiger partial charge in [-0.3, -0.25) is 15.1 Å². The van der Waals surface area contributed by atoms with E-state index < -0.39 is 10.9 Å². The Balaban J connectivity index is 2.48. The van der Waals surface area contributed by atoms with Gasteiger partial charge in [0.15, 0.2) is 0 Å². The number of carboxylic acids is 1. The quantitative estimate of drug-likeness (QED) is 0.660. The molecule has 0 aliphatic rings. The molecule has 0 saturated carbocycles. The highest BCUT2D eigenvalue weighted by Crippen LogP contribution is 2.23. The van der Waals surface area contributed by atoms with Crippen molar-refractivity contribution in [3.8, 4) is 11.1 Å². The maximum Gasteiger partial charge on any atom is 0.337 e. The number of hydrogen-bond donors (Lipinski definition) is 1. The van der Waals surface area contributed by atoms with E-state index in [0.717, 1.165) is 0 Å². The number of pyridine rings is 1. The molecule has 1 heterocycles. The number of rotatable bonds is 3. The Hall–Kier alpha value is -2.76. The number of nitro groups is 1. The first-order valence-electron chi connectivity index (χ1n) is 5.01. The average molecular weight is 244 g/mol. The van der Waals surface area contributed by atoms with Crippen molar-refractivity contribution in [3.63, 3.8) is 0 Å². The molecule has 6 nitrogen and oxygen atoms in total. The molecule has 2 rings (SSSR count). The van der Waals surface area contributed by atoms with Crippen LogP contribution in [0.15, 0.2) is 42.7 Å². The van der Waals surface area contributed by atoms with Crippen LogP contribution in [0.25, 0.3) is 11.1 Å². The second-order valence-electron chi connectivity index (χ2n) is 3.57. The predicted molar refractivity (Wildman–Crippen MR) is 63.3 cm³/mol. The van der Waals surface area contributed by atoms with Crippen LogP contribution in [0.2, 0.25) is 0 Å². The Labute approximate surface area is 102 Å². The Morgan fingerprint density at radius 1 is 1.22 bits per heavy atom. The molecule has 0 saturated heterocycles. The summed E-state index contributed by atoms with van der Waals surface area (Å²) in [4.78, 5) is 24.8. The second-order valence-corrected chi connectivity index (χ2v) is 3.57. The lowest BCUT2D eigenvalue weighted by Gasteiger charge is -2.02. The van der Waals surface area contributed by atoms with E-state index in [2.05, 4.69) is 4.98 Å². The Kier molecular flexibility index (Phi) is 3.01.